The van der Waals surface area contributed by atoms with Gasteiger partial charge < -0.3 is 14.6 Å². The highest BCUT2D eigenvalue weighted by Gasteiger charge is 2.20. The minimum Gasteiger partial charge on any atom is -0.545 e. The van der Waals surface area contributed by atoms with Gasteiger partial charge in [-0.1, -0.05) is 12.1 Å². The van der Waals surface area contributed by atoms with Crippen LogP contribution in [-0.2, 0) is 14.8 Å². The van der Waals surface area contributed by atoms with Crippen molar-refractivity contribution in [2.75, 3.05) is 7.11 Å². The van der Waals surface area contributed by atoms with Crippen LogP contribution in [0.1, 0.15) is 19.4 Å². The molecule has 6 nitrogen and oxygen atoms in total. The van der Waals surface area contributed by atoms with Crippen LogP contribution in [0.3, 0.4) is 0 Å². The van der Waals surface area contributed by atoms with Gasteiger partial charge in [-0.3, -0.25) is 0 Å². The molecule has 0 spiro atoms. The van der Waals surface area contributed by atoms with Crippen LogP contribution in [0.25, 0.3) is 6.08 Å². The minimum atomic E-state index is -3.74. The number of hydrogen-bond donors (Lipinski definition) is 1. The van der Waals surface area contributed by atoms with E-state index < -0.39 is 16.0 Å². The van der Waals surface area contributed by atoms with E-state index in [4.69, 9.17) is 4.74 Å². The highest BCUT2D eigenvalue weighted by molar-refractivity contribution is 7.89. The van der Waals surface area contributed by atoms with Crippen molar-refractivity contribution in [3.63, 3.8) is 0 Å². The van der Waals surface area contributed by atoms with Gasteiger partial charge in [0.05, 0.1) is 13.1 Å². The summed E-state index contributed by atoms with van der Waals surface area (Å²) < 4.78 is 31.8. The number of methoxy groups -OCH3 is 1. The van der Waals surface area contributed by atoms with Gasteiger partial charge >= 0.3 is 0 Å². The van der Waals surface area contributed by atoms with Crippen molar-refractivity contribution in [2.45, 2.75) is 24.8 Å². The molecule has 0 aliphatic heterocycles. The summed E-state index contributed by atoms with van der Waals surface area (Å²) in [5, 5.41) is 10.4. The molecule has 7 heteroatoms. The fourth-order valence-electron chi connectivity index (χ4n) is 1.55. The maximum atomic E-state index is 12.2. The second kappa shape index (κ2) is 6.53. The molecule has 1 aromatic carbocycles. The molecular weight excluding hydrogens is 282 g/mol. The fraction of sp³-hybridized carbons (Fsp3) is 0.308. The molecule has 0 aliphatic carbocycles. The number of carboxylic acid groups (broad SMARTS) is 1. The van der Waals surface area contributed by atoms with Crippen molar-refractivity contribution in [2.24, 2.45) is 0 Å². The Labute approximate surface area is 118 Å². The molecule has 0 aromatic heterocycles. The predicted molar refractivity (Wildman–Crippen MR) is 72.5 cm³/mol. The second-order valence-corrected chi connectivity index (χ2v) is 6.02. The molecule has 0 fully saturated rings. The molecule has 1 N–H and O–H groups in total. The van der Waals surface area contributed by atoms with Gasteiger partial charge in [0.15, 0.2) is 0 Å². The van der Waals surface area contributed by atoms with Gasteiger partial charge in [-0.25, -0.2) is 13.1 Å². The summed E-state index contributed by atoms with van der Waals surface area (Å²) in [6.45, 7) is 3.40. The maximum absolute atomic E-state index is 12.2. The summed E-state index contributed by atoms with van der Waals surface area (Å²) in [6.07, 6.45) is 2.08. The smallest absolute Gasteiger partial charge is 0.244 e. The number of hydrogen-bond acceptors (Lipinski definition) is 5. The third kappa shape index (κ3) is 4.36. The van der Waals surface area contributed by atoms with E-state index in [1.165, 1.54) is 25.3 Å². The van der Waals surface area contributed by atoms with Crippen LogP contribution in [-0.4, -0.2) is 27.5 Å². The number of benzene rings is 1. The molecule has 110 valence electrons. The molecule has 0 aliphatic rings. The first kappa shape index (κ1) is 16.2. The summed E-state index contributed by atoms with van der Waals surface area (Å²) in [6, 6.07) is 4.08. The molecule has 0 heterocycles. The van der Waals surface area contributed by atoms with E-state index >= 15 is 0 Å². The van der Waals surface area contributed by atoms with E-state index in [0.29, 0.717) is 5.56 Å². The molecule has 0 bridgehead atoms. The van der Waals surface area contributed by atoms with Gasteiger partial charge in [-0.2, -0.15) is 0 Å². The minimum absolute atomic E-state index is 0.0470. The van der Waals surface area contributed by atoms with Crippen molar-refractivity contribution in [1.29, 1.82) is 0 Å². The number of carbonyl (C=O) groups is 1. The monoisotopic (exact) mass is 298 g/mol. The predicted octanol–water partition coefficient (Wildman–Crippen LogP) is 0.145. The third-order valence-corrected chi connectivity index (χ3v) is 3.96. The molecular formula is C13H16NO5S-. The van der Waals surface area contributed by atoms with E-state index in [1.807, 2.05) is 0 Å². The SMILES string of the molecule is COc1ccc(/C=C/C(=O)[O-])cc1S(=O)(=O)NC(C)C. The summed E-state index contributed by atoms with van der Waals surface area (Å²) in [5.74, 6) is -1.17. The zero-order chi connectivity index (χ0) is 15.3. The van der Waals surface area contributed by atoms with Crippen LogP contribution in [0.4, 0.5) is 0 Å². The summed E-state index contributed by atoms with van der Waals surface area (Å²) in [4.78, 5) is 10.3. The standard InChI is InChI=1S/C13H17NO5S/c1-9(2)14-20(17,18)12-8-10(5-7-13(15)16)4-6-11(12)19-3/h4-9,14H,1-3H3,(H,15,16)/p-1/b7-5+. The summed E-state index contributed by atoms with van der Waals surface area (Å²) in [5.41, 5.74) is 0.416. The number of carboxylic acids is 1. The Hall–Kier alpha value is -1.86. The van der Waals surface area contributed by atoms with Crippen molar-refractivity contribution in [1.82, 2.24) is 4.72 Å². The Bertz CT molecular complexity index is 620. The Morgan fingerprint density at radius 3 is 2.55 bits per heavy atom. The number of sulfonamides is 1. The maximum Gasteiger partial charge on any atom is 0.244 e. The molecule has 0 atom stereocenters. The van der Waals surface area contributed by atoms with Gasteiger partial charge in [-0.05, 0) is 37.6 Å². The van der Waals surface area contributed by atoms with Crippen molar-refractivity contribution < 1.29 is 23.1 Å². The van der Waals surface area contributed by atoms with E-state index in [2.05, 4.69) is 4.72 Å². The lowest BCUT2D eigenvalue weighted by molar-refractivity contribution is -0.297. The lowest BCUT2D eigenvalue weighted by Crippen LogP contribution is -2.30. The Morgan fingerprint density at radius 2 is 2.05 bits per heavy atom. The lowest BCUT2D eigenvalue weighted by Gasteiger charge is -2.13. The van der Waals surface area contributed by atoms with E-state index in [0.717, 1.165) is 6.08 Å². The van der Waals surface area contributed by atoms with Crippen molar-refractivity contribution >= 4 is 22.1 Å². The number of aliphatic carboxylic acids is 1. The number of carbonyl (C=O) groups excluding carboxylic acids is 1. The molecule has 0 amide bonds. The van der Waals surface area contributed by atoms with E-state index in [-0.39, 0.29) is 16.7 Å². The first-order valence-corrected chi connectivity index (χ1v) is 7.34. The van der Waals surface area contributed by atoms with Gasteiger partial charge in [0, 0.05) is 6.04 Å². The largest absolute Gasteiger partial charge is 0.545 e. The van der Waals surface area contributed by atoms with Crippen LogP contribution >= 0.6 is 0 Å². The zero-order valence-corrected chi connectivity index (χ0v) is 12.2. The van der Waals surface area contributed by atoms with Crippen molar-refractivity contribution in [3.8, 4) is 5.75 Å². The summed E-state index contributed by atoms with van der Waals surface area (Å²) in [7, 11) is -2.37. The number of rotatable bonds is 6. The third-order valence-electron chi connectivity index (χ3n) is 2.28. The Balaban J connectivity index is 3.29. The van der Waals surface area contributed by atoms with Gasteiger partial charge in [0.2, 0.25) is 10.0 Å². The van der Waals surface area contributed by atoms with Crippen LogP contribution in [0.2, 0.25) is 0 Å². The quantitative estimate of drug-likeness (QED) is 0.754. The second-order valence-electron chi connectivity index (χ2n) is 4.34. The molecule has 1 aromatic rings. The van der Waals surface area contributed by atoms with Crippen LogP contribution < -0.4 is 14.6 Å². The molecule has 0 saturated heterocycles. The summed E-state index contributed by atoms with van der Waals surface area (Å²) >= 11 is 0. The topological polar surface area (TPSA) is 95.5 Å². The number of ether oxygens (including phenoxy) is 1. The first-order chi connectivity index (χ1) is 9.26. The average molecular weight is 298 g/mol. The Morgan fingerprint density at radius 1 is 1.40 bits per heavy atom. The zero-order valence-electron chi connectivity index (χ0n) is 11.4. The van der Waals surface area contributed by atoms with Crippen LogP contribution in [0, 0.1) is 0 Å². The number of nitrogens with one attached hydrogen (secondary N) is 1. The molecule has 1 rings (SSSR count). The van der Waals surface area contributed by atoms with E-state index in [1.54, 1.807) is 19.9 Å². The van der Waals surface area contributed by atoms with E-state index in [9.17, 15) is 18.3 Å². The fourth-order valence-corrected chi connectivity index (χ4v) is 3.00. The van der Waals surface area contributed by atoms with Gasteiger partial charge in [0.1, 0.15) is 10.6 Å². The molecule has 0 unspecified atom stereocenters. The average Bonchev–Trinajstić information content (AvgIpc) is 2.34. The van der Waals surface area contributed by atoms with Gasteiger partial charge in [0.25, 0.3) is 0 Å². The normalized spacial score (nSPS) is 12.0. The molecule has 0 saturated carbocycles. The van der Waals surface area contributed by atoms with Gasteiger partial charge in [-0.15, -0.1) is 0 Å². The van der Waals surface area contributed by atoms with Crippen LogP contribution in [0.5, 0.6) is 5.75 Å². The molecule has 0 radical (unpaired) electrons. The van der Waals surface area contributed by atoms with Crippen LogP contribution in [0.15, 0.2) is 29.2 Å². The Kier molecular flexibility index (Phi) is 5.29. The highest BCUT2D eigenvalue weighted by atomic mass is 32.2. The first-order valence-electron chi connectivity index (χ1n) is 5.85. The lowest BCUT2D eigenvalue weighted by atomic mass is 10.2. The highest BCUT2D eigenvalue weighted by Crippen LogP contribution is 2.25. The van der Waals surface area contributed by atoms with Crippen molar-refractivity contribution in [3.05, 3.63) is 29.8 Å². The molecule has 20 heavy (non-hydrogen) atoms.